The summed E-state index contributed by atoms with van der Waals surface area (Å²) in [6.07, 6.45) is 7.23. The zero-order chi connectivity index (χ0) is 14.2. The smallest absolute Gasteiger partial charge is 0.161 e. The van der Waals surface area contributed by atoms with Gasteiger partial charge in [0.2, 0.25) is 0 Å². The maximum Gasteiger partial charge on any atom is 0.161 e. The van der Waals surface area contributed by atoms with E-state index in [1.165, 1.54) is 12.2 Å². The van der Waals surface area contributed by atoms with Crippen LogP contribution in [-0.4, -0.2) is 11.6 Å². The minimum atomic E-state index is -0.501. The predicted molar refractivity (Wildman–Crippen MR) is 71.8 cm³/mol. The number of hydrogen-bond donors (Lipinski definition) is 0. The lowest BCUT2D eigenvalue weighted by molar-refractivity contribution is -0.122. The van der Waals surface area contributed by atoms with Crippen LogP contribution in [0.5, 0.6) is 0 Å². The molecule has 0 fully saturated rings. The van der Waals surface area contributed by atoms with Crippen LogP contribution in [0, 0.1) is 22.7 Å². The molecule has 0 amide bonds. The molecule has 0 aromatic heterocycles. The topological polar surface area (TPSA) is 57.9 Å². The number of nitrogens with zero attached hydrogens (tertiary/aromatic N) is 1. The summed E-state index contributed by atoms with van der Waals surface area (Å²) in [4.78, 5) is 23.1. The van der Waals surface area contributed by atoms with Crippen molar-refractivity contribution in [3.8, 4) is 6.07 Å². The van der Waals surface area contributed by atoms with E-state index in [1.54, 1.807) is 12.1 Å². The van der Waals surface area contributed by atoms with Crippen molar-refractivity contribution in [1.82, 2.24) is 0 Å². The number of ketones is 2. The van der Waals surface area contributed by atoms with Crippen molar-refractivity contribution in [2.75, 3.05) is 0 Å². The fourth-order valence-corrected chi connectivity index (χ4v) is 1.30. The van der Waals surface area contributed by atoms with Gasteiger partial charge in [-0.2, -0.15) is 5.26 Å². The van der Waals surface area contributed by atoms with Crippen LogP contribution < -0.4 is 0 Å². The summed E-state index contributed by atoms with van der Waals surface area (Å²) >= 11 is 0. The summed E-state index contributed by atoms with van der Waals surface area (Å²) in [5, 5.41) is 8.37. The molecule has 0 aliphatic heterocycles. The van der Waals surface area contributed by atoms with Gasteiger partial charge in [-0.25, -0.2) is 0 Å². The Morgan fingerprint density at radius 3 is 2.39 bits per heavy atom. The monoisotopic (exact) mass is 247 g/mol. The third-order valence-corrected chi connectivity index (χ3v) is 2.76. The van der Waals surface area contributed by atoms with Gasteiger partial charge in [-0.3, -0.25) is 9.59 Å². The molecule has 0 aromatic rings. The summed E-state index contributed by atoms with van der Waals surface area (Å²) < 4.78 is 0. The van der Waals surface area contributed by atoms with Crippen LogP contribution in [0.15, 0.2) is 24.3 Å². The van der Waals surface area contributed by atoms with Crippen LogP contribution in [0.4, 0.5) is 0 Å². The fraction of sp³-hybridized carbons (Fsp3) is 0.533. The summed E-state index contributed by atoms with van der Waals surface area (Å²) in [5.41, 5.74) is -0.501. The predicted octanol–water partition coefficient (Wildman–Crippen LogP) is 3.22. The Morgan fingerprint density at radius 1 is 1.28 bits per heavy atom. The maximum atomic E-state index is 11.7. The van der Waals surface area contributed by atoms with Crippen molar-refractivity contribution in [3.05, 3.63) is 24.3 Å². The van der Waals surface area contributed by atoms with Crippen molar-refractivity contribution >= 4 is 11.6 Å². The van der Waals surface area contributed by atoms with Crippen molar-refractivity contribution in [2.45, 2.75) is 40.5 Å². The van der Waals surface area contributed by atoms with Gasteiger partial charge in [-0.15, -0.1) is 0 Å². The second-order valence-corrected chi connectivity index (χ2v) is 5.21. The zero-order valence-corrected chi connectivity index (χ0v) is 11.6. The van der Waals surface area contributed by atoms with Crippen molar-refractivity contribution in [1.29, 1.82) is 5.26 Å². The molecule has 0 radical (unpaired) electrons. The summed E-state index contributed by atoms with van der Waals surface area (Å²) in [6.45, 7) is 7.39. The normalized spacial score (nSPS) is 12.2. The van der Waals surface area contributed by atoms with Crippen LogP contribution in [0.1, 0.15) is 40.5 Å². The largest absolute Gasteiger partial charge is 0.295 e. The van der Waals surface area contributed by atoms with Gasteiger partial charge in [0.05, 0.1) is 6.07 Å². The van der Waals surface area contributed by atoms with Gasteiger partial charge in [0, 0.05) is 17.4 Å². The second-order valence-electron chi connectivity index (χ2n) is 5.21. The maximum absolute atomic E-state index is 11.7. The van der Waals surface area contributed by atoms with E-state index < -0.39 is 5.41 Å². The van der Waals surface area contributed by atoms with E-state index in [9.17, 15) is 9.59 Å². The highest BCUT2D eigenvalue weighted by molar-refractivity contribution is 5.94. The molecular formula is C15H21NO2. The summed E-state index contributed by atoms with van der Waals surface area (Å²) in [6, 6.07) is 1.81. The van der Waals surface area contributed by atoms with E-state index in [0.29, 0.717) is 12.8 Å². The first kappa shape index (κ1) is 16.3. The molecule has 0 aromatic carbocycles. The number of rotatable bonds is 7. The van der Waals surface area contributed by atoms with Crippen LogP contribution in [0.3, 0.4) is 0 Å². The molecule has 0 unspecified atom stereocenters. The van der Waals surface area contributed by atoms with Gasteiger partial charge in [-0.05, 0) is 25.0 Å². The molecule has 0 aliphatic carbocycles. The van der Waals surface area contributed by atoms with E-state index in [1.807, 2.05) is 33.8 Å². The lowest BCUT2D eigenvalue weighted by Gasteiger charge is -2.19. The van der Waals surface area contributed by atoms with E-state index in [2.05, 4.69) is 0 Å². The minimum absolute atomic E-state index is 0.00875. The molecule has 0 atom stereocenters. The molecule has 0 N–H and O–H groups in total. The third-order valence-electron chi connectivity index (χ3n) is 2.76. The Labute approximate surface area is 109 Å². The van der Waals surface area contributed by atoms with Crippen LogP contribution >= 0.6 is 0 Å². The molecule has 0 rings (SSSR count). The van der Waals surface area contributed by atoms with Crippen molar-refractivity contribution < 1.29 is 9.59 Å². The third kappa shape index (κ3) is 6.15. The second kappa shape index (κ2) is 7.60. The molecule has 0 heterocycles. The van der Waals surface area contributed by atoms with Gasteiger partial charge in [0.15, 0.2) is 11.6 Å². The molecular weight excluding hydrogens is 226 g/mol. The number of allylic oxidation sites excluding steroid dienone is 4. The molecule has 0 spiro atoms. The fourth-order valence-electron chi connectivity index (χ4n) is 1.30. The Bertz CT molecular complexity index is 395. The van der Waals surface area contributed by atoms with Crippen LogP contribution in [0.2, 0.25) is 0 Å². The molecule has 0 saturated heterocycles. The number of carbonyl (C=O) groups excluding carboxylic acids is 2. The van der Waals surface area contributed by atoms with E-state index in [0.717, 1.165) is 0 Å². The molecule has 0 saturated carbocycles. The summed E-state index contributed by atoms with van der Waals surface area (Å²) in [7, 11) is 0. The average Bonchev–Trinajstić information content (AvgIpc) is 2.30. The highest BCUT2D eigenvalue weighted by Crippen LogP contribution is 2.24. The number of nitriles is 1. The first-order valence-electron chi connectivity index (χ1n) is 6.12. The quantitative estimate of drug-likeness (QED) is 0.512. The van der Waals surface area contributed by atoms with E-state index in [-0.39, 0.29) is 17.5 Å². The highest BCUT2D eigenvalue weighted by atomic mass is 16.1. The van der Waals surface area contributed by atoms with Crippen LogP contribution in [0.25, 0.3) is 0 Å². The average molecular weight is 247 g/mol. The first-order chi connectivity index (χ1) is 8.31. The van der Waals surface area contributed by atoms with Crippen molar-refractivity contribution in [2.24, 2.45) is 11.3 Å². The van der Waals surface area contributed by atoms with Gasteiger partial charge in [0.25, 0.3) is 0 Å². The van der Waals surface area contributed by atoms with Gasteiger partial charge < -0.3 is 0 Å². The molecule has 98 valence electrons. The van der Waals surface area contributed by atoms with E-state index in [4.69, 9.17) is 5.26 Å². The van der Waals surface area contributed by atoms with E-state index >= 15 is 0 Å². The van der Waals surface area contributed by atoms with Gasteiger partial charge in [0.1, 0.15) is 0 Å². The Morgan fingerprint density at radius 2 is 1.89 bits per heavy atom. The number of carbonyl (C=O) groups is 2. The molecule has 3 heteroatoms. The standard InChI is InChI=1S/C15H21NO2/c1-12(2)13(17)8-5-6-10-15(3,4)14(18)9-7-11-16/h5,7-9,12H,6,10H2,1-4H3/b8-5+,9-7-. The Kier molecular flexibility index (Phi) is 6.89. The lowest BCUT2D eigenvalue weighted by Crippen LogP contribution is -2.21. The van der Waals surface area contributed by atoms with Crippen molar-refractivity contribution in [3.63, 3.8) is 0 Å². The molecule has 0 aliphatic rings. The zero-order valence-electron chi connectivity index (χ0n) is 11.6. The molecule has 3 nitrogen and oxygen atoms in total. The highest BCUT2D eigenvalue weighted by Gasteiger charge is 2.24. The van der Waals surface area contributed by atoms with Gasteiger partial charge in [-0.1, -0.05) is 33.8 Å². The minimum Gasteiger partial charge on any atom is -0.295 e. The Hall–Kier alpha value is -1.69. The number of hydrogen-bond acceptors (Lipinski definition) is 3. The SMILES string of the molecule is CC(C)C(=O)/C=C/CCC(C)(C)C(=O)/C=C\C#N. The van der Waals surface area contributed by atoms with Gasteiger partial charge >= 0.3 is 0 Å². The Balaban J connectivity index is 4.28. The lowest BCUT2D eigenvalue weighted by atomic mass is 9.83. The molecule has 0 bridgehead atoms. The van der Waals surface area contributed by atoms with Crippen LogP contribution in [-0.2, 0) is 9.59 Å². The first-order valence-corrected chi connectivity index (χ1v) is 6.12. The molecule has 18 heavy (non-hydrogen) atoms. The summed E-state index contributed by atoms with van der Waals surface area (Å²) in [5.74, 6) is 0.0469.